The third-order valence-electron chi connectivity index (χ3n) is 8.14. The van der Waals surface area contributed by atoms with Crippen molar-refractivity contribution in [2.45, 2.75) is 31.0 Å². The normalized spacial score (nSPS) is 17.7. The standard InChI is InChI=1S/C33H41N7O5S/c1-22-17-40(23(2)18-37(3)4)32(41)26-14-10-16-28(36-33(42)35-27-15-9-12-24-11-7-8-13-25(24)27)31(26)45-29(22)19-39(6)46(43,44)30-20-38(5)21-34-30/h7-16,20-23,29H,17-19H2,1-6H3,(H2,35,36,42). The summed E-state index contributed by atoms with van der Waals surface area (Å²) in [5.74, 6) is -0.328. The minimum Gasteiger partial charge on any atom is -0.486 e. The van der Waals surface area contributed by atoms with E-state index in [1.165, 1.54) is 23.9 Å². The number of benzene rings is 3. The molecule has 3 amide bonds. The Bertz CT molecular complexity index is 1840. The molecule has 2 N–H and O–H groups in total. The van der Waals surface area contributed by atoms with Crippen molar-refractivity contribution in [3.63, 3.8) is 0 Å². The summed E-state index contributed by atoms with van der Waals surface area (Å²) in [6, 6.07) is 17.7. The van der Waals surface area contributed by atoms with Crippen molar-refractivity contribution >= 4 is 44.1 Å². The van der Waals surface area contributed by atoms with E-state index in [1.807, 2.05) is 75.3 Å². The number of amides is 3. The van der Waals surface area contributed by atoms with E-state index in [0.717, 1.165) is 10.8 Å². The first kappa shape index (κ1) is 32.9. The lowest BCUT2D eigenvalue weighted by atomic mass is 9.99. The topological polar surface area (TPSA) is 129 Å². The summed E-state index contributed by atoms with van der Waals surface area (Å²) in [7, 11) is 3.16. The predicted molar refractivity (Wildman–Crippen MR) is 179 cm³/mol. The maximum atomic E-state index is 14.1. The van der Waals surface area contributed by atoms with E-state index >= 15 is 0 Å². The van der Waals surface area contributed by atoms with Crippen molar-refractivity contribution in [2.75, 3.05) is 51.4 Å². The largest absolute Gasteiger partial charge is 0.486 e. The van der Waals surface area contributed by atoms with Crippen molar-refractivity contribution in [3.05, 3.63) is 78.8 Å². The second-order valence-corrected chi connectivity index (χ2v) is 14.1. The number of para-hydroxylation sites is 1. The van der Waals surface area contributed by atoms with Gasteiger partial charge in [-0.15, -0.1) is 0 Å². The summed E-state index contributed by atoms with van der Waals surface area (Å²) in [5.41, 5.74) is 1.20. The molecule has 244 valence electrons. The zero-order valence-corrected chi connectivity index (χ0v) is 27.8. The Morgan fingerprint density at radius 3 is 2.43 bits per heavy atom. The average molecular weight is 648 g/mol. The number of aryl methyl sites for hydroxylation is 1. The van der Waals surface area contributed by atoms with Gasteiger partial charge in [0.05, 0.1) is 29.8 Å². The fraction of sp³-hybridized carbons (Fsp3) is 0.364. The van der Waals surface area contributed by atoms with E-state index in [0.29, 0.717) is 18.8 Å². The predicted octanol–water partition coefficient (Wildman–Crippen LogP) is 4.33. The molecule has 1 aromatic heterocycles. The zero-order chi connectivity index (χ0) is 33.2. The monoisotopic (exact) mass is 647 g/mol. The van der Waals surface area contributed by atoms with Gasteiger partial charge in [0.2, 0.25) is 0 Å². The number of carbonyl (C=O) groups excluding carboxylic acids is 2. The van der Waals surface area contributed by atoms with Crippen molar-refractivity contribution in [1.29, 1.82) is 0 Å². The van der Waals surface area contributed by atoms with Crippen molar-refractivity contribution in [3.8, 4) is 5.75 Å². The van der Waals surface area contributed by atoms with Crippen molar-refractivity contribution in [2.24, 2.45) is 13.0 Å². The number of likely N-dealkylation sites (N-methyl/N-ethyl adjacent to an activating group) is 2. The van der Waals surface area contributed by atoms with E-state index in [1.54, 1.807) is 34.7 Å². The number of urea groups is 1. The molecule has 5 rings (SSSR count). The van der Waals surface area contributed by atoms with Gasteiger partial charge in [-0.25, -0.2) is 18.2 Å². The highest BCUT2D eigenvalue weighted by Gasteiger charge is 2.37. The van der Waals surface area contributed by atoms with Crippen molar-refractivity contribution < 1.29 is 22.7 Å². The summed E-state index contributed by atoms with van der Waals surface area (Å²) in [6.45, 7) is 4.87. The molecule has 12 nitrogen and oxygen atoms in total. The summed E-state index contributed by atoms with van der Waals surface area (Å²) in [4.78, 5) is 35.3. The van der Waals surface area contributed by atoms with E-state index in [2.05, 4.69) is 15.6 Å². The van der Waals surface area contributed by atoms with Crippen LogP contribution in [0.2, 0.25) is 0 Å². The Morgan fingerprint density at radius 2 is 1.72 bits per heavy atom. The Hall–Kier alpha value is -4.46. The fourth-order valence-corrected chi connectivity index (χ4v) is 6.87. The van der Waals surface area contributed by atoms with Gasteiger partial charge in [0.1, 0.15) is 6.10 Å². The third kappa shape index (κ3) is 7.01. The SMILES string of the molecule is CC1CN(C(C)CN(C)C)C(=O)c2cccc(NC(=O)Nc3cccc4ccccc34)c2OC1CN(C)S(=O)(=O)c1cn(C)cn1. The van der Waals surface area contributed by atoms with E-state index in [9.17, 15) is 18.0 Å². The molecule has 1 aliphatic heterocycles. The number of rotatable bonds is 9. The van der Waals surface area contributed by atoms with Gasteiger partial charge in [0, 0.05) is 50.7 Å². The molecule has 46 heavy (non-hydrogen) atoms. The molecule has 1 aliphatic rings. The van der Waals surface area contributed by atoms with Crippen LogP contribution in [0.3, 0.4) is 0 Å². The molecular formula is C33H41N7O5S. The minimum absolute atomic E-state index is 0.0137. The Balaban J connectivity index is 1.49. The molecule has 0 saturated carbocycles. The number of nitrogens with zero attached hydrogens (tertiary/aromatic N) is 5. The summed E-state index contributed by atoms with van der Waals surface area (Å²) >= 11 is 0. The highest BCUT2D eigenvalue weighted by Crippen LogP contribution is 2.35. The Morgan fingerprint density at radius 1 is 1.04 bits per heavy atom. The number of ether oxygens (including phenoxy) is 1. The molecule has 3 atom stereocenters. The van der Waals surface area contributed by atoms with Crippen LogP contribution in [0.25, 0.3) is 10.8 Å². The lowest BCUT2D eigenvalue weighted by molar-refractivity contribution is 0.0439. The van der Waals surface area contributed by atoms with Gasteiger partial charge >= 0.3 is 6.03 Å². The second kappa shape index (κ2) is 13.5. The van der Waals surface area contributed by atoms with Gasteiger partial charge in [0.15, 0.2) is 10.8 Å². The molecule has 13 heteroatoms. The van der Waals surface area contributed by atoms with Crippen LogP contribution in [0.5, 0.6) is 5.75 Å². The summed E-state index contributed by atoms with van der Waals surface area (Å²) in [5, 5.41) is 7.59. The molecule has 3 unspecified atom stereocenters. The Kier molecular flexibility index (Phi) is 9.66. The first-order valence-electron chi connectivity index (χ1n) is 15.1. The molecule has 3 aromatic carbocycles. The number of imidazole rings is 1. The lowest BCUT2D eigenvalue weighted by Crippen LogP contribution is -2.51. The van der Waals surface area contributed by atoms with Crippen LogP contribution >= 0.6 is 0 Å². The van der Waals surface area contributed by atoms with Crippen LogP contribution in [-0.2, 0) is 17.1 Å². The number of sulfonamides is 1. The molecule has 4 aromatic rings. The number of hydrogen-bond donors (Lipinski definition) is 2. The first-order valence-corrected chi connectivity index (χ1v) is 16.5. The first-order chi connectivity index (χ1) is 21.8. The number of fused-ring (bicyclic) bond motifs is 2. The van der Waals surface area contributed by atoms with Gasteiger partial charge < -0.3 is 29.7 Å². The van der Waals surface area contributed by atoms with E-state index in [-0.39, 0.29) is 46.4 Å². The molecule has 0 spiro atoms. The maximum absolute atomic E-state index is 14.1. The van der Waals surface area contributed by atoms with Crippen LogP contribution in [0, 0.1) is 5.92 Å². The molecule has 2 heterocycles. The van der Waals surface area contributed by atoms with Crippen LogP contribution < -0.4 is 15.4 Å². The maximum Gasteiger partial charge on any atom is 0.323 e. The van der Waals surface area contributed by atoms with Gasteiger partial charge in [-0.05, 0) is 44.6 Å². The molecule has 0 fully saturated rings. The molecule has 0 saturated heterocycles. The number of hydrogen-bond acceptors (Lipinski definition) is 7. The second-order valence-electron chi connectivity index (χ2n) is 12.2. The highest BCUT2D eigenvalue weighted by molar-refractivity contribution is 7.89. The molecule has 0 bridgehead atoms. The quantitative estimate of drug-likeness (QED) is 0.277. The van der Waals surface area contributed by atoms with Crippen molar-refractivity contribution in [1.82, 2.24) is 23.7 Å². The Labute approximate surface area is 270 Å². The van der Waals surface area contributed by atoms with Gasteiger partial charge in [0.25, 0.3) is 15.9 Å². The van der Waals surface area contributed by atoms with Crippen LogP contribution in [0.1, 0.15) is 24.2 Å². The van der Waals surface area contributed by atoms with Gasteiger partial charge in [-0.1, -0.05) is 49.4 Å². The van der Waals surface area contributed by atoms with Crippen LogP contribution in [0.4, 0.5) is 16.2 Å². The van der Waals surface area contributed by atoms with E-state index in [4.69, 9.17) is 4.74 Å². The smallest absolute Gasteiger partial charge is 0.323 e. The highest BCUT2D eigenvalue weighted by atomic mass is 32.2. The summed E-state index contributed by atoms with van der Waals surface area (Å²) < 4.78 is 36.2. The third-order valence-corrected chi connectivity index (χ3v) is 9.84. The molecule has 0 aliphatic carbocycles. The number of carbonyl (C=O) groups is 2. The van der Waals surface area contributed by atoms with Gasteiger partial charge in [-0.2, -0.15) is 4.31 Å². The van der Waals surface area contributed by atoms with Crippen LogP contribution in [-0.4, -0.2) is 96.9 Å². The summed E-state index contributed by atoms with van der Waals surface area (Å²) in [6.07, 6.45) is 2.21. The number of anilines is 2. The van der Waals surface area contributed by atoms with Crippen LogP contribution in [0.15, 0.2) is 78.2 Å². The van der Waals surface area contributed by atoms with Gasteiger partial charge in [-0.3, -0.25) is 4.79 Å². The number of aromatic nitrogens is 2. The lowest BCUT2D eigenvalue weighted by Gasteiger charge is -2.39. The average Bonchev–Trinajstić information content (AvgIpc) is 3.46. The zero-order valence-electron chi connectivity index (χ0n) is 27.0. The number of nitrogens with one attached hydrogen (secondary N) is 2. The molecule has 0 radical (unpaired) electrons. The fourth-order valence-electron chi connectivity index (χ4n) is 5.73. The molecular weight excluding hydrogens is 606 g/mol. The van der Waals surface area contributed by atoms with E-state index < -0.39 is 22.2 Å². The minimum atomic E-state index is -3.92.